The lowest BCUT2D eigenvalue weighted by molar-refractivity contribution is 1.12. The van der Waals surface area contributed by atoms with E-state index in [2.05, 4.69) is 29.0 Å². The Morgan fingerprint density at radius 3 is 2.50 bits per heavy atom. The highest BCUT2D eigenvalue weighted by molar-refractivity contribution is 14.1. The van der Waals surface area contributed by atoms with E-state index < -0.39 is 0 Å². The Balaban J connectivity index is 2.34. The Hall–Kier alpha value is 1.02. The van der Waals surface area contributed by atoms with E-state index >= 15 is 0 Å². The summed E-state index contributed by atoms with van der Waals surface area (Å²) in [6, 6.07) is 0. The largest absolute Gasteiger partial charge is 0.127 e. The fourth-order valence-corrected chi connectivity index (χ4v) is 0.749. The predicted molar refractivity (Wildman–Crippen MR) is 38.5 cm³/mol. The van der Waals surface area contributed by atoms with Crippen LogP contribution in [0.1, 0.15) is 6.42 Å². The quantitative estimate of drug-likeness (QED) is 0.386. The van der Waals surface area contributed by atoms with E-state index in [1.54, 1.807) is 0 Å². The van der Waals surface area contributed by atoms with E-state index in [1.807, 2.05) is 0 Å². The second kappa shape index (κ2) is 6.02. The number of unbranched alkanes of at least 4 members (excludes halogenated alkanes) is 1. The van der Waals surface area contributed by atoms with Gasteiger partial charge in [-0.3, -0.25) is 0 Å². The first-order valence-corrected chi connectivity index (χ1v) is 3.91. The van der Waals surface area contributed by atoms with Crippen molar-refractivity contribution < 1.29 is 0 Å². The van der Waals surface area contributed by atoms with Crippen LogP contribution in [0.25, 0.3) is 0 Å². The maximum absolute atomic E-state index is 5.35. The molecule has 0 aliphatic rings. The fourth-order valence-electron chi connectivity index (χ4n) is 0.154. The van der Waals surface area contributed by atoms with E-state index in [4.69, 9.17) is 11.6 Å². The molecule has 0 fully saturated rings. The summed E-state index contributed by atoms with van der Waals surface area (Å²) in [6.07, 6.45) is 3.21. The smallest absolute Gasteiger partial charge is 0.0226 e. The number of hydrogen-bond acceptors (Lipinski definition) is 0. The lowest BCUT2D eigenvalue weighted by Crippen LogP contribution is -1.75. The maximum atomic E-state index is 5.35. The molecule has 0 aliphatic carbocycles. The standard InChI is InChI=1S/C4H7ClI/c5-3-1-2-4-6/h2H,1,3-4H2. The van der Waals surface area contributed by atoms with Crippen LogP contribution in [0.5, 0.6) is 0 Å². The van der Waals surface area contributed by atoms with Gasteiger partial charge in [0, 0.05) is 10.3 Å². The molecule has 1 radical (unpaired) electrons. The van der Waals surface area contributed by atoms with Gasteiger partial charge in [-0.1, -0.05) is 22.6 Å². The second-order valence-electron chi connectivity index (χ2n) is 0.921. The van der Waals surface area contributed by atoms with Gasteiger partial charge in [-0.15, -0.1) is 11.6 Å². The molecule has 6 heavy (non-hydrogen) atoms. The van der Waals surface area contributed by atoms with Gasteiger partial charge in [-0.2, -0.15) is 0 Å². The predicted octanol–water partition coefficient (Wildman–Crippen LogP) is 2.25. The first-order chi connectivity index (χ1) is 2.91. The molecule has 0 aliphatic heterocycles. The SMILES string of the molecule is ClCC[CH]CI. The number of halogens is 2. The van der Waals surface area contributed by atoms with Crippen LogP contribution in [0.3, 0.4) is 0 Å². The first kappa shape index (κ1) is 7.02. The topological polar surface area (TPSA) is 0 Å². The maximum Gasteiger partial charge on any atom is 0.0226 e. The molecule has 37 valence electrons. The lowest BCUT2D eigenvalue weighted by atomic mass is 10.4. The van der Waals surface area contributed by atoms with Crippen molar-refractivity contribution in [3.8, 4) is 0 Å². The van der Waals surface area contributed by atoms with Crippen LogP contribution in [0.2, 0.25) is 0 Å². The van der Waals surface area contributed by atoms with Crippen LogP contribution >= 0.6 is 34.2 Å². The minimum Gasteiger partial charge on any atom is -0.127 e. The van der Waals surface area contributed by atoms with Crippen LogP contribution in [-0.2, 0) is 0 Å². The van der Waals surface area contributed by atoms with Crippen molar-refractivity contribution >= 4 is 34.2 Å². The Morgan fingerprint density at radius 1 is 1.67 bits per heavy atom. The number of rotatable bonds is 3. The Bertz CT molecular complexity index is 19.5. The molecular formula is C4H7ClI. The van der Waals surface area contributed by atoms with Crippen LogP contribution in [0.15, 0.2) is 0 Å². The van der Waals surface area contributed by atoms with Gasteiger partial charge >= 0.3 is 0 Å². The molecule has 0 saturated heterocycles. The molecule has 0 atom stereocenters. The highest BCUT2D eigenvalue weighted by atomic mass is 127. The van der Waals surface area contributed by atoms with Crippen molar-refractivity contribution in [2.24, 2.45) is 0 Å². The summed E-state index contributed by atoms with van der Waals surface area (Å²) in [6.45, 7) is 0. The van der Waals surface area contributed by atoms with Crippen LogP contribution in [-0.4, -0.2) is 10.3 Å². The van der Waals surface area contributed by atoms with E-state index in [-0.39, 0.29) is 0 Å². The van der Waals surface area contributed by atoms with Crippen molar-refractivity contribution in [3.63, 3.8) is 0 Å². The summed E-state index contributed by atoms with van der Waals surface area (Å²) < 4.78 is 1.12. The summed E-state index contributed by atoms with van der Waals surface area (Å²) in [5, 5.41) is 0. The zero-order valence-corrected chi connectivity index (χ0v) is 6.37. The molecule has 0 unspecified atom stereocenters. The van der Waals surface area contributed by atoms with Crippen LogP contribution in [0.4, 0.5) is 0 Å². The third-order valence-electron chi connectivity index (χ3n) is 0.422. The monoisotopic (exact) mass is 217 g/mol. The molecule has 0 nitrogen and oxygen atoms in total. The zero-order chi connectivity index (χ0) is 4.83. The van der Waals surface area contributed by atoms with E-state index in [0.29, 0.717) is 0 Å². The minimum absolute atomic E-state index is 0.767. The average molecular weight is 217 g/mol. The first-order valence-electron chi connectivity index (χ1n) is 1.85. The third kappa shape index (κ3) is 5.02. The minimum atomic E-state index is 0.767. The molecule has 0 bridgehead atoms. The highest BCUT2D eigenvalue weighted by Crippen LogP contribution is 1.93. The fraction of sp³-hybridized carbons (Fsp3) is 0.750. The third-order valence-corrected chi connectivity index (χ3v) is 1.26. The summed E-state index contributed by atoms with van der Waals surface area (Å²) in [7, 11) is 0. The lowest BCUT2D eigenvalue weighted by Gasteiger charge is -1.83. The Kier molecular flexibility index (Phi) is 7.04. The van der Waals surface area contributed by atoms with E-state index in [0.717, 1.165) is 16.7 Å². The van der Waals surface area contributed by atoms with Crippen molar-refractivity contribution in [2.45, 2.75) is 6.42 Å². The molecule has 0 N–H and O–H groups in total. The van der Waals surface area contributed by atoms with E-state index in [9.17, 15) is 0 Å². The molecule has 0 aromatic carbocycles. The van der Waals surface area contributed by atoms with E-state index in [1.165, 1.54) is 0 Å². The van der Waals surface area contributed by atoms with Gasteiger partial charge < -0.3 is 0 Å². The molecule has 0 aromatic heterocycles. The Labute approximate surface area is 57.4 Å². The van der Waals surface area contributed by atoms with Gasteiger partial charge in [-0.05, 0) is 12.8 Å². The second-order valence-corrected chi connectivity index (χ2v) is 2.18. The Morgan fingerprint density at radius 2 is 2.33 bits per heavy atom. The van der Waals surface area contributed by atoms with Crippen molar-refractivity contribution in [2.75, 3.05) is 10.3 Å². The number of hydrogen-bond donors (Lipinski definition) is 0. The summed E-state index contributed by atoms with van der Waals surface area (Å²) in [5.41, 5.74) is 0. The zero-order valence-electron chi connectivity index (χ0n) is 3.45. The van der Waals surface area contributed by atoms with Gasteiger partial charge in [0.05, 0.1) is 0 Å². The molecule has 0 saturated carbocycles. The van der Waals surface area contributed by atoms with Crippen molar-refractivity contribution in [1.82, 2.24) is 0 Å². The molecular weight excluding hydrogens is 210 g/mol. The molecule has 0 aromatic rings. The number of alkyl halides is 2. The van der Waals surface area contributed by atoms with Gasteiger partial charge in [0.1, 0.15) is 0 Å². The summed E-state index contributed by atoms with van der Waals surface area (Å²) in [5.74, 6) is 0.767. The normalized spacial score (nSPS) is 9.00. The van der Waals surface area contributed by atoms with Gasteiger partial charge in [0.15, 0.2) is 0 Å². The average Bonchev–Trinajstić information content (AvgIpc) is 1.61. The summed E-state index contributed by atoms with van der Waals surface area (Å²) in [4.78, 5) is 0. The van der Waals surface area contributed by atoms with Crippen molar-refractivity contribution in [3.05, 3.63) is 6.42 Å². The molecule has 0 spiro atoms. The molecule has 0 heterocycles. The molecule has 0 rings (SSSR count). The molecule has 0 amide bonds. The summed E-state index contributed by atoms with van der Waals surface area (Å²) >= 11 is 7.64. The van der Waals surface area contributed by atoms with Gasteiger partial charge in [0.2, 0.25) is 0 Å². The highest BCUT2D eigenvalue weighted by Gasteiger charge is 1.78. The van der Waals surface area contributed by atoms with Gasteiger partial charge in [-0.25, -0.2) is 0 Å². The van der Waals surface area contributed by atoms with Gasteiger partial charge in [0.25, 0.3) is 0 Å². The van der Waals surface area contributed by atoms with Crippen LogP contribution < -0.4 is 0 Å². The van der Waals surface area contributed by atoms with Crippen LogP contribution in [0, 0.1) is 6.42 Å². The molecule has 2 heteroatoms. The van der Waals surface area contributed by atoms with Crippen molar-refractivity contribution in [1.29, 1.82) is 0 Å².